The van der Waals surface area contributed by atoms with Gasteiger partial charge in [0, 0.05) is 23.8 Å². The van der Waals surface area contributed by atoms with Crippen LogP contribution in [0, 0.1) is 0 Å². The molecule has 5 nitrogen and oxygen atoms in total. The van der Waals surface area contributed by atoms with E-state index < -0.39 is 0 Å². The number of anilines is 2. The first-order chi connectivity index (χ1) is 8.65. The van der Waals surface area contributed by atoms with E-state index in [2.05, 4.69) is 31.9 Å². The predicted molar refractivity (Wildman–Crippen MR) is 76.6 cm³/mol. The van der Waals surface area contributed by atoms with Crippen molar-refractivity contribution in [2.24, 2.45) is 0 Å². The van der Waals surface area contributed by atoms with Gasteiger partial charge in [0.2, 0.25) is 5.91 Å². The number of hydrogen-bond acceptors (Lipinski definition) is 2. The number of alkyl halides is 2. The number of halogens is 2. The third kappa shape index (κ3) is 5.37. The van der Waals surface area contributed by atoms with Crippen molar-refractivity contribution < 1.29 is 9.59 Å². The molecule has 3 N–H and O–H groups in total. The van der Waals surface area contributed by atoms with E-state index in [1.807, 2.05) is 0 Å². The summed E-state index contributed by atoms with van der Waals surface area (Å²) in [6, 6.07) is 6.54. The zero-order valence-electron chi connectivity index (χ0n) is 9.50. The van der Waals surface area contributed by atoms with Crippen LogP contribution in [0.5, 0.6) is 0 Å². The maximum absolute atomic E-state index is 11.4. The molecule has 18 heavy (non-hydrogen) atoms. The molecule has 0 heterocycles. The summed E-state index contributed by atoms with van der Waals surface area (Å²) < 4.78 is 0. The Morgan fingerprint density at radius 1 is 1.22 bits per heavy atom. The molecule has 0 bridgehead atoms. The first-order valence-corrected chi connectivity index (χ1v) is 6.88. The Bertz CT molecular complexity index is 429. The summed E-state index contributed by atoms with van der Waals surface area (Å²) in [5.41, 5.74) is 1.21. The second-order valence-corrected chi connectivity index (χ2v) is 4.27. The predicted octanol–water partition coefficient (Wildman–Crippen LogP) is 2.38. The highest BCUT2D eigenvalue weighted by Crippen LogP contribution is 2.15. The van der Waals surface area contributed by atoms with Crippen LogP contribution in [0.3, 0.4) is 0 Å². The molecule has 0 aromatic heterocycles. The Labute approximate surface area is 118 Å². The molecule has 7 heteroatoms. The highest BCUT2D eigenvalue weighted by Gasteiger charge is 2.03. The SMILES string of the molecule is O=C(CBr)Nc1cccc(NC(=O)NCCCl)c1. The zero-order valence-corrected chi connectivity index (χ0v) is 11.8. The van der Waals surface area contributed by atoms with E-state index in [1.165, 1.54) is 0 Å². The van der Waals surface area contributed by atoms with Crippen LogP contribution in [-0.4, -0.2) is 29.7 Å². The van der Waals surface area contributed by atoms with E-state index in [1.54, 1.807) is 24.3 Å². The lowest BCUT2D eigenvalue weighted by Gasteiger charge is -2.08. The quantitative estimate of drug-likeness (QED) is 0.724. The molecule has 1 rings (SSSR count). The molecule has 0 saturated heterocycles. The summed E-state index contributed by atoms with van der Waals surface area (Å²) in [6.07, 6.45) is 0. The lowest BCUT2D eigenvalue weighted by molar-refractivity contribution is -0.113. The molecule has 0 unspecified atom stereocenters. The van der Waals surface area contributed by atoms with Gasteiger partial charge in [-0.05, 0) is 18.2 Å². The molecule has 0 spiro atoms. The van der Waals surface area contributed by atoms with Crippen LogP contribution in [0.4, 0.5) is 16.2 Å². The molecule has 0 atom stereocenters. The van der Waals surface area contributed by atoms with E-state index in [0.29, 0.717) is 23.8 Å². The lowest BCUT2D eigenvalue weighted by Crippen LogP contribution is -2.30. The van der Waals surface area contributed by atoms with Gasteiger partial charge in [-0.1, -0.05) is 22.0 Å². The summed E-state index contributed by atoms with van der Waals surface area (Å²) in [6.45, 7) is 0.396. The van der Waals surface area contributed by atoms with Gasteiger partial charge < -0.3 is 16.0 Å². The van der Waals surface area contributed by atoms with E-state index in [9.17, 15) is 9.59 Å². The molecule has 0 fully saturated rings. The van der Waals surface area contributed by atoms with Gasteiger partial charge in [-0.2, -0.15) is 0 Å². The molecule has 1 aromatic rings. The zero-order chi connectivity index (χ0) is 13.4. The monoisotopic (exact) mass is 333 g/mol. The standard InChI is InChI=1S/C11H13BrClN3O2/c12-7-10(17)15-8-2-1-3-9(6-8)16-11(18)14-5-4-13/h1-3,6H,4-5,7H2,(H,15,17)(H2,14,16,18). The number of nitrogens with one attached hydrogen (secondary N) is 3. The van der Waals surface area contributed by atoms with Crippen molar-refractivity contribution in [3.63, 3.8) is 0 Å². The Hall–Kier alpha value is -1.27. The number of carbonyl (C=O) groups is 2. The Balaban J connectivity index is 2.59. The third-order valence-electron chi connectivity index (χ3n) is 1.91. The van der Waals surface area contributed by atoms with E-state index in [0.717, 1.165) is 0 Å². The Morgan fingerprint density at radius 3 is 2.50 bits per heavy atom. The number of urea groups is 1. The number of benzene rings is 1. The van der Waals surface area contributed by atoms with Crippen molar-refractivity contribution in [1.82, 2.24) is 5.32 Å². The molecular formula is C11H13BrClN3O2. The fourth-order valence-electron chi connectivity index (χ4n) is 1.21. The number of rotatable bonds is 5. The molecule has 3 amide bonds. The van der Waals surface area contributed by atoms with Crippen molar-refractivity contribution in [2.45, 2.75) is 0 Å². The fourth-order valence-corrected chi connectivity index (χ4v) is 1.44. The summed E-state index contributed by atoms with van der Waals surface area (Å²) in [7, 11) is 0. The maximum atomic E-state index is 11.4. The minimum atomic E-state index is -0.334. The maximum Gasteiger partial charge on any atom is 0.319 e. The van der Waals surface area contributed by atoms with Crippen molar-refractivity contribution in [3.8, 4) is 0 Å². The van der Waals surface area contributed by atoms with Gasteiger partial charge in [-0.15, -0.1) is 11.6 Å². The summed E-state index contributed by atoms with van der Waals surface area (Å²) in [5.74, 6) is 0.202. The van der Waals surface area contributed by atoms with Crippen molar-refractivity contribution in [2.75, 3.05) is 28.4 Å². The molecule has 0 aliphatic carbocycles. The molecule has 0 radical (unpaired) electrons. The number of amides is 3. The first kappa shape index (κ1) is 14.8. The van der Waals surface area contributed by atoms with Crippen LogP contribution in [0.2, 0.25) is 0 Å². The lowest BCUT2D eigenvalue weighted by atomic mass is 10.3. The summed E-state index contributed by atoms with van der Waals surface area (Å²) in [4.78, 5) is 22.6. The molecule has 0 aliphatic rings. The Morgan fingerprint density at radius 2 is 1.89 bits per heavy atom. The normalized spacial score (nSPS) is 9.67. The average Bonchev–Trinajstić information content (AvgIpc) is 2.36. The smallest absolute Gasteiger partial charge is 0.319 e. The van der Waals surface area contributed by atoms with Crippen LogP contribution in [0.1, 0.15) is 0 Å². The van der Waals surface area contributed by atoms with Gasteiger partial charge in [0.1, 0.15) is 0 Å². The van der Waals surface area contributed by atoms with Gasteiger partial charge in [-0.3, -0.25) is 4.79 Å². The third-order valence-corrected chi connectivity index (χ3v) is 2.60. The second-order valence-electron chi connectivity index (χ2n) is 3.33. The van der Waals surface area contributed by atoms with Gasteiger partial charge >= 0.3 is 6.03 Å². The van der Waals surface area contributed by atoms with Crippen LogP contribution in [0.25, 0.3) is 0 Å². The van der Waals surface area contributed by atoms with E-state index in [4.69, 9.17) is 11.6 Å². The minimum absolute atomic E-state index is 0.154. The van der Waals surface area contributed by atoms with Gasteiger partial charge in [-0.25, -0.2) is 4.79 Å². The fraction of sp³-hybridized carbons (Fsp3) is 0.273. The molecule has 98 valence electrons. The molecule has 0 saturated carbocycles. The van der Waals surface area contributed by atoms with Crippen molar-refractivity contribution in [1.29, 1.82) is 0 Å². The average molecular weight is 335 g/mol. The largest absolute Gasteiger partial charge is 0.337 e. The van der Waals surface area contributed by atoms with Crippen molar-refractivity contribution >= 4 is 50.8 Å². The van der Waals surface area contributed by atoms with Gasteiger partial charge in [0.15, 0.2) is 0 Å². The van der Waals surface area contributed by atoms with Crippen molar-refractivity contribution in [3.05, 3.63) is 24.3 Å². The number of hydrogen-bond donors (Lipinski definition) is 3. The molecule has 1 aromatic carbocycles. The van der Waals surface area contributed by atoms with Crippen LogP contribution in [0.15, 0.2) is 24.3 Å². The Kier molecular flexibility index (Phi) is 6.53. The van der Waals surface area contributed by atoms with Crippen LogP contribution in [-0.2, 0) is 4.79 Å². The highest BCUT2D eigenvalue weighted by molar-refractivity contribution is 9.09. The summed E-state index contributed by atoms with van der Waals surface area (Å²) in [5, 5.41) is 8.10. The highest BCUT2D eigenvalue weighted by atomic mass is 79.9. The topological polar surface area (TPSA) is 70.2 Å². The second kappa shape index (κ2) is 7.94. The molecular weight excluding hydrogens is 321 g/mol. The van der Waals surface area contributed by atoms with Crippen LogP contribution < -0.4 is 16.0 Å². The van der Waals surface area contributed by atoms with E-state index in [-0.39, 0.29) is 17.3 Å². The summed E-state index contributed by atoms with van der Waals surface area (Å²) >= 11 is 8.51. The first-order valence-electron chi connectivity index (χ1n) is 5.22. The van der Waals surface area contributed by atoms with E-state index >= 15 is 0 Å². The van der Waals surface area contributed by atoms with Gasteiger partial charge in [0.25, 0.3) is 0 Å². The molecule has 0 aliphatic heterocycles. The minimum Gasteiger partial charge on any atom is -0.337 e. The number of carbonyl (C=O) groups excluding carboxylic acids is 2. The van der Waals surface area contributed by atoms with Crippen LogP contribution >= 0.6 is 27.5 Å². The van der Waals surface area contributed by atoms with Gasteiger partial charge in [0.05, 0.1) is 5.33 Å².